The number of hydrogen-bond acceptors (Lipinski definition) is 5. The van der Waals surface area contributed by atoms with Crippen molar-refractivity contribution in [2.75, 3.05) is 20.8 Å². The van der Waals surface area contributed by atoms with E-state index < -0.39 is 0 Å². The zero-order valence-electron chi connectivity index (χ0n) is 14.7. The van der Waals surface area contributed by atoms with E-state index in [0.717, 1.165) is 42.0 Å². The number of ether oxygens (including phenoxy) is 2. The van der Waals surface area contributed by atoms with Gasteiger partial charge in [-0.3, -0.25) is 4.90 Å². The third-order valence-electron chi connectivity index (χ3n) is 5.64. The average Bonchev–Trinajstić information content (AvgIpc) is 2.62. The number of nitrogens with zero attached hydrogens (tertiary/aromatic N) is 1. The van der Waals surface area contributed by atoms with E-state index >= 15 is 0 Å². The first-order valence-electron chi connectivity index (χ1n) is 8.58. The van der Waals surface area contributed by atoms with Crippen LogP contribution in [0.4, 0.5) is 0 Å². The molecular formula is C20H23NO4. The summed E-state index contributed by atoms with van der Waals surface area (Å²) in [7, 11) is 3.32. The average molecular weight is 341 g/mol. The monoisotopic (exact) mass is 341 g/mol. The van der Waals surface area contributed by atoms with Crippen molar-refractivity contribution in [2.45, 2.75) is 31.8 Å². The lowest BCUT2D eigenvalue weighted by molar-refractivity contribution is 0.117. The molecule has 0 fully saturated rings. The molecule has 2 aromatic rings. The molecule has 2 N–H and O–H groups in total. The first-order valence-corrected chi connectivity index (χ1v) is 8.58. The van der Waals surface area contributed by atoms with E-state index in [0.29, 0.717) is 0 Å². The maximum Gasteiger partial charge on any atom is 0.161 e. The molecular weight excluding hydrogens is 318 g/mol. The molecule has 0 bridgehead atoms. The second-order valence-electron chi connectivity index (χ2n) is 6.83. The Morgan fingerprint density at radius 3 is 2.32 bits per heavy atom. The highest BCUT2D eigenvalue weighted by molar-refractivity contribution is 5.53. The Balaban J connectivity index is 1.81. The Labute approximate surface area is 147 Å². The van der Waals surface area contributed by atoms with Crippen LogP contribution in [0.5, 0.6) is 23.0 Å². The molecule has 2 atom stereocenters. The van der Waals surface area contributed by atoms with Crippen molar-refractivity contribution in [3.05, 3.63) is 46.5 Å². The minimum absolute atomic E-state index is 0.0483. The number of benzene rings is 2. The summed E-state index contributed by atoms with van der Waals surface area (Å²) < 4.78 is 10.9. The zero-order valence-corrected chi connectivity index (χ0v) is 14.7. The minimum Gasteiger partial charge on any atom is -0.504 e. The minimum atomic E-state index is -0.0530. The van der Waals surface area contributed by atoms with Gasteiger partial charge in [0.1, 0.15) is 0 Å². The number of rotatable bonds is 2. The van der Waals surface area contributed by atoms with E-state index in [1.807, 2.05) is 0 Å². The van der Waals surface area contributed by atoms with Crippen LogP contribution in [0.2, 0.25) is 0 Å². The smallest absolute Gasteiger partial charge is 0.161 e. The molecule has 0 saturated heterocycles. The van der Waals surface area contributed by atoms with Gasteiger partial charge in [0.25, 0.3) is 0 Å². The molecule has 2 aliphatic heterocycles. The van der Waals surface area contributed by atoms with Crippen LogP contribution in [0.15, 0.2) is 24.3 Å². The first-order chi connectivity index (χ1) is 12.0. The van der Waals surface area contributed by atoms with E-state index in [9.17, 15) is 10.2 Å². The number of fused-ring (bicyclic) bond motifs is 4. The van der Waals surface area contributed by atoms with E-state index in [2.05, 4.69) is 24.0 Å². The van der Waals surface area contributed by atoms with Gasteiger partial charge >= 0.3 is 0 Å². The number of hydrogen-bond donors (Lipinski definition) is 2. The number of methoxy groups -OCH3 is 2. The van der Waals surface area contributed by atoms with E-state index in [1.165, 1.54) is 11.1 Å². The fourth-order valence-corrected chi connectivity index (χ4v) is 4.33. The van der Waals surface area contributed by atoms with Crippen LogP contribution >= 0.6 is 0 Å². The summed E-state index contributed by atoms with van der Waals surface area (Å²) in [5.74, 6) is 1.41. The van der Waals surface area contributed by atoms with Gasteiger partial charge in [-0.2, -0.15) is 0 Å². The first kappa shape index (κ1) is 16.1. The largest absolute Gasteiger partial charge is 0.504 e. The molecule has 0 saturated carbocycles. The van der Waals surface area contributed by atoms with Gasteiger partial charge in [-0.1, -0.05) is 0 Å². The number of aromatic hydroxyl groups is 2. The second-order valence-corrected chi connectivity index (χ2v) is 6.83. The molecule has 25 heavy (non-hydrogen) atoms. The highest BCUT2D eigenvalue weighted by atomic mass is 16.5. The van der Waals surface area contributed by atoms with Crippen molar-refractivity contribution in [3.63, 3.8) is 0 Å². The Kier molecular flexibility index (Phi) is 3.76. The fraction of sp³-hybridized carbons (Fsp3) is 0.400. The SMILES string of the molecule is COc1cc2c(cc1OC)C1Cc3cc(O)c(O)cc3C(C)N1CC2. The van der Waals surface area contributed by atoms with Crippen LogP contribution in [-0.4, -0.2) is 35.9 Å². The molecule has 0 aliphatic carbocycles. The van der Waals surface area contributed by atoms with Crippen LogP contribution in [0.3, 0.4) is 0 Å². The lowest BCUT2D eigenvalue weighted by Gasteiger charge is -2.45. The summed E-state index contributed by atoms with van der Waals surface area (Å²) in [6.45, 7) is 3.11. The normalized spacial score (nSPS) is 21.9. The molecule has 4 rings (SSSR count). The maximum atomic E-state index is 9.90. The van der Waals surface area contributed by atoms with E-state index in [4.69, 9.17) is 9.47 Å². The van der Waals surface area contributed by atoms with Crippen molar-refractivity contribution < 1.29 is 19.7 Å². The Morgan fingerprint density at radius 1 is 0.920 bits per heavy atom. The summed E-state index contributed by atoms with van der Waals surface area (Å²) in [6.07, 6.45) is 1.76. The summed E-state index contributed by atoms with van der Waals surface area (Å²) in [6, 6.07) is 7.99. The molecule has 2 aromatic carbocycles. The molecule has 132 valence electrons. The summed E-state index contributed by atoms with van der Waals surface area (Å²) >= 11 is 0. The van der Waals surface area contributed by atoms with Gasteiger partial charge in [0, 0.05) is 18.6 Å². The molecule has 2 aliphatic rings. The van der Waals surface area contributed by atoms with Crippen molar-refractivity contribution in [2.24, 2.45) is 0 Å². The van der Waals surface area contributed by atoms with Crippen LogP contribution in [0, 0.1) is 0 Å². The summed E-state index contributed by atoms with van der Waals surface area (Å²) in [4.78, 5) is 2.47. The van der Waals surface area contributed by atoms with Crippen LogP contribution in [0.1, 0.15) is 41.3 Å². The van der Waals surface area contributed by atoms with Crippen molar-refractivity contribution in [1.82, 2.24) is 4.90 Å². The molecule has 0 spiro atoms. The Bertz CT molecular complexity index is 833. The quantitative estimate of drug-likeness (QED) is 0.821. The van der Waals surface area contributed by atoms with Crippen molar-refractivity contribution in [1.29, 1.82) is 0 Å². The molecule has 0 aromatic heterocycles. The third-order valence-corrected chi connectivity index (χ3v) is 5.64. The van der Waals surface area contributed by atoms with Crippen molar-refractivity contribution in [3.8, 4) is 23.0 Å². The molecule has 2 heterocycles. The molecule has 0 radical (unpaired) electrons. The van der Waals surface area contributed by atoms with Gasteiger partial charge in [0.05, 0.1) is 14.2 Å². The van der Waals surface area contributed by atoms with Gasteiger partial charge in [0.15, 0.2) is 23.0 Å². The highest BCUT2D eigenvalue weighted by Gasteiger charge is 2.37. The second kappa shape index (κ2) is 5.85. The zero-order chi connectivity index (χ0) is 17.7. The van der Waals surface area contributed by atoms with Gasteiger partial charge in [-0.25, -0.2) is 0 Å². The van der Waals surface area contributed by atoms with Crippen LogP contribution in [-0.2, 0) is 12.8 Å². The topological polar surface area (TPSA) is 62.2 Å². The van der Waals surface area contributed by atoms with Crippen LogP contribution < -0.4 is 9.47 Å². The summed E-state index contributed by atoms with van der Waals surface area (Å²) in [5.41, 5.74) is 4.73. The van der Waals surface area contributed by atoms with Crippen molar-refractivity contribution >= 4 is 0 Å². The lowest BCUT2D eigenvalue weighted by Crippen LogP contribution is -2.41. The predicted octanol–water partition coefficient (Wildman–Crippen LogP) is 3.33. The van der Waals surface area contributed by atoms with E-state index in [-0.39, 0.29) is 23.6 Å². The van der Waals surface area contributed by atoms with Gasteiger partial charge in [-0.05, 0) is 66.3 Å². The third kappa shape index (κ3) is 2.42. The fourth-order valence-electron chi connectivity index (χ4n) is 4.33. The molecule has 2 unspecified atom stereocenters. The molecule has 5 nitrogen and oxygen atoms in total. The Morgan fingerprint density at radius 2 is 1.60 bits per heavy atom. The highest BCUT2D eigenvalue weighted by Crippen LogP contribution is 2.47. The number of phenols is 2. The standard InChI is InChI=1S/C20H23NO4/c1-11-14-9-18(23)17(22)7-13(14)6-16-15-10-20(25-3)19(24-2)8-12(15)4-5-21(11)16/h7-11,16,22-23H,4-6H2,1-3H3. The molecule has 5 heteroatoms. The number of phenolic OH excluding ortho intramolecular Hbond substituents is 2. The molecule has 0 amide bonds. The van der Waals surface area contributed by atoms with Crippen LogP contribution in [0.25, 0.3) is 0 Å². The maximum absolute atomic E-state index is 9.90. The van der Waals surface area contributed by atoms with Gasteiger partial charge in [0.2, 0.25) is 0 Å². The predicted molar refractivity (Wildman–Crippen MR) is 94.6 cm³/mol. The Hall–Kier alpha value is -2.40. The van der Waals surface area contributed by atoms with Gasteiger partial charge < -0.3 is 19.7 Å². The lowest BCUT2D eigenvalue weighted by atomic mass is 9.81. The van der Waals surface area contributed by atoms with Gasteiger partial charge in [-0.15, -0.1) is 0 Å². The van der Waals surface area contributed by atoms with E-state index in [1.54, 1.807) is 26.4 Å². The summed E-state index contributed by atoms with van der Waals surface area (Å²) in [5, 5.41) is 19.8.